The third-order valence-corrected chi connectivity index (χ3v) is 7.62. The van der Waals surface area contributed by atoms with E-state index in [0.717, 1.165) is 34.9 Å². The van der Waals surface area contributed by atoms with Crippen molar-refractivity contribution in [2.45, 2.75) is 38.1 Å². The topological polar surface area (TPSA) is 138 Å². The molecule has 3 aliphatic rings. The molecule has 1 N–H and O–H groups in total. The Hall–Kier alpha value is -4.08. The summed E-state index contributed by atoms with van der Waals surface area (Å²) in [7, 11) is 0. The first-order valence-electron chi connectivity index (χ1n) is 12.0. The number of nitrogens with zero attached hydrogens (tertiary/aromatic N) is 3. The van der Waals surface area contributed by atoms with Crippen molar-refractivity contribution in [1.29, 1.82) is 0 Å². The van der Waals surface area contributed by atoms with Gasteiger partial charge in [-0.2, -0.15) is 0 Å². The zero-order valence-corrected chi connectivity index (χ0v) is 19.5. The van der Waals surface area contributed by atoms with Gasteiger partial charge in [0, 0.05) is 18.7 Å². The molecule has 2 aliphatic heterocycles. The maximum absolute atomic E-state index is 13.8. The van der Waals surface area contributed by atoms with Gasteiger partial charge >= 0.3 is 5.97 Å². The summed E-state index contributed by atoms with van der Waals surface area (Å²) < 4.78 is 0. The predicted octanol–water partition coefficient (Wildman–Crippen LogP) is 3.21. The molecule has 0 radical (unpaired) electrons. The number of carbonyl (C=O) groups is 4. The molecule has 1 saturated carbocycles. The van der Waals surface area contributed by atoms with Gasteiger partial charge in [0.1, 0.15) is 0 Å². The molecule has 1 fully saturated rings. The summed E-state index contributed by atoms with van der Waals surface area (Å²) in [5.74, 6) is -3.88. The van der Waals surface area contributed by atoms with Crippen LogP contribution in [0, 0.1) is 22.0 Å². The Morgan fingerprint density at radius 3 is 2.42 bits per heavy atom. The number of rotatable bonds is 5. The van der Waals surface area contributed by atoms with E-state index < -0.39 is 40.6 Å². The summed E-state index contributed by atoms with van der Waals surface area (Å²) in [4.78, 5) is 65.2. The summed E-state index contributed by atoms with van der Waals surface area (Å²) in [5, 5.41) is 20.9. The number of hydrogen-bond donors (Lipinski definition) is 1. The summed E-state index contributed by atoms with van der Waals surface area (Å²) in [5.41, 5.74) is 1.58. The van der Waals surface area contributed by atoms with Gasteiger partial charge in [-0.05, 0) is 36.5 Å². The van der Waals surface area contributed by atoms with Crippen molar-refractivity contribution < 1.29 is 29.2 Å². The second-order valence-electron chi connectivity index (χ2n) is 9.54. The number of amides is 3. The molecular formula is C26H25N3O7. The number of aliphatic carboxylic acids is 1. The first-order valence-corrected chi connectivity index (χ1v) is 12.0. The minimum Gasteiger partial charge on any atom is -0.481 e. The average molecular weight is 492 g/mol. The van der Waals surface area contributed by atoms with E-state index in [2.05, 4.69) is 0 Å². The fourth-order valence-corrected chi connectivity index (χ4v) is 5.78. The highest BCUT2D eigenvalue weighted by Crippen LogP contribution is 2.38. The molecule has 3 amide bonds. The van der Waals surface area contributed by atoms with Crippen molar-refractivity contribution in [3.8, 4) is 0 Å². The molecule has 3 unspecified atom stereocenters. The van der Waals surface area contributed by atoms with Gasteiger partial charge in [0.05, 0.1) is 40.5 Å². The highest BCUT2D eigenvalue weighted by molar-refractivity contribution is 6.21. The fourth-order valence-electron chi connectivity index (χ4n) is 5.78. The second-order valence-corrected chi connectivity index (χ2v) is 9.54. The van der Waals surface area contributed by atoms with Gasteiger partial charge in [-0.25, -0.2) is 0 Å². The van der Waals surface area contributed by atoms with Gasteiger partial charge in [0.2, 0.25) is 5.91 Å². The third kappa shape index (κ3) is 3.92. The van der Waals surface area contributed by atoms with Crippen LogP contribution in [-0.4, -0.2) is 56.6 Å². The van der Waals surface area contributed by atoms with E-state index in [0.29, 0.717) is 25.8 Å². The van der Waals surface area contributed by atoms with Gasteiger partial charge in [0.15, 0.2) is 0 Å². The lowest BCUT2D eigenvalue weighted by Crippen LogP contribution is -2.50. The van der Waals surface area contributed by atoms with Gasteiger partial charge in [-0.3, -0.25) is 34.2 Å². The molecule has 1 aliphatic carbocycles. The molecule has 2 heterocycles. The van der Waals surface area contributed by atoms with Crippen molar-refractivity contribution in [3.05, 3.63) is 74.8 Å². The summed E-state index contributed by atoms with van der Waals surface area (Å²) in [6.07, 6.45) is 3.03. The van der Waals surface area contributed by atoms with E-state index in [-0.39, 0.29) is 29.3 Å². The van der Waals surface area contributed by atoms with Crippen molar-refractivity contribution in [2.75, 3.05) is 13.1 Å². The molecular weight excluding hydrogens is 466 g/mol. The number of nitro groups is 1. The highest BCUT2D eigenvalue weighted by Gasteiger charge is 2.44. The minimum atomic E-state index is -0.982. The molecule has 10 nitrogen and oxygen atoms in total. The van der Waals surface area contributed by atoms with Crippen LogP contribution < -0.4 is 0 Å². The van der Waals surface area contributed by atoms with Gasteiger partial charge in [0.25, 0.3) is 17.5 Å². The van der Waals surface area contributed by atoms with Gasteiger partial charge in [-0.1, -0.05) is 37.1 Å². The normalized spacial score (nSPS) is 23.3. The number of benzene rings is 2. The van der Waals surface area contributed by atoms with Crippen LogP contribution in [0.25, 0.3) is 0 Å². The van der Waals surface area contributed by atoms with Crippen LogP contribution in [0.5, 0.6) is 0 Å². The fraction of sp³-hybridized carbons (Fsp3) is 0.385. The zero-order chi connectivity index (χ0) is 25.6. The molecule has 10 heteroatoms. The Bertz CT molecular complexity index is 1290. The third-order valence-electron chi connectivity index (χ3n) is 7.62. The number of carbonyl (C=O) groups excluding carboxylic acids is 3. The summed E-state index contributed by atoms with van der Waals surface area (Å²) >= 11 is 0. The lowest BCUT2D eigenvalue weighted by molar-refractivity contribution is -0.384. The van der Waals surface area contributed by atoms with Crippen molar-refractivity contribution in [1.82, 2.24) is 9.80 Å². The van der Waals surface area contributed by atoms with Crippen molar-refractivity contribution in [2.24, 2.45) is 11.8 Å². The molecule has 186 valence electrons. The quantitative estimate of drug-likeness (QED) is 0.385. The van der Waals surface area contributed by atoms with Crippen LogP contribution in [0.4, 0.5) is 5.69 Å². The Morgan fingerprint density at radius 1 is 1.00 bits per heavy atom. The number of nitro benzene ring substituents is 1. The van der Waals surface area contributed by atoms with Gasteiger partial charge < -0.3 is 10.0 Å². The highest BCUT2D eigenvalue weighted by atomic mass is 16.6. The summed E-state index contributed by atoms with van der Waals surface area (Å²) in [6.45, 7) is 0.228. The monoisotopic (exact) mass is 491 g/mol. The van der Waals surface area contributed by atoms with E-state index in [4.69, 9.17) is 0 Å². The molecule has 36 heavy (non-hydrogen) atoms. The Morgan fingerprint density at radius 2 is 1.69 bits per heavy atom. The number of carboxylic acids is 1. The first-order chi connectivity index (χ1) is 17.3. The molecule has 0 spiro atoms. The standard InChI is InChI=1S/C26H25N3O7/c30-23(18-7-3-4-8-20(18)26(33)34)27-12-11-15-5-1-2-6-17(15)22(27)14-28-24(31)19-10-9-16(29(35)36)13-21(19)25(28)32/h1-2,5-6,9-10,13,18,20,22H,3-4,7-8,11-12,14H2,(H,33,34). The molecule has 0 bridgehead atoms. The van der Waals surface area contributed by atoms with E-state index in [1.807, 2.05) is 24.3 Å². The maximum Gasteiger partial charge on any atom is 0.307 e. The van der Waals surface area contributed by atoms with Gasteiger partial charge in [-0.15, -0.1) is 0 Å². The SMILES string of the molecule is O=C(O)C1CCCCC1C(=O)N1CCc2ccccc2C1CN1C(=O)c2ccc([N+](=O)[O-])cc2C1=O. The molecule has 2 aromatic rings. The predicted molar refractivity (Wildman–Crippen MR) is 126 cm³/mol. The molecule has 2 aromatic carbocycles. The lowest BCUT2D eigenvalue weighted by Gasteiger charge is -2.42. The van der Waals surface area contributed by atoms with E-state index in [1.54, 1.807) is 4.90 Å². The lowest BCUT2D eigenvalue weighted by atomic mass is 9.77. The smallest absolute Gasteiger partial charge is 0.307 e. The Kier molecular flexibility index (Phi) is 6.03. The Balaban J connectivity index is 1.48. The van der Waals surface area contributed by atoms with E-state index in [1.165, 1.54) is 12.1 Å². The number of hydrogen-bond acceptors (Lipinski definition) is 6. The van der Waals surface area contributed by atoms with Crippen molar-refractivity contribution in [3.63, 3.8) is 0 Å². The zero-order valence-electron chi connectivity index (χ0n) is 19.5. The summed E-state index contributed by atoms with van der Waals surface area (Å²) in [6, 6.07) is 10.4. The van der Waals surface area contributed by atoms with Crippen LogP contribution in [0.1, 0.15) is 63.6 Å². The molecule has 5 rings (SSSR count). The number of imide groups is 1. The molecule has 0 saturated heterocycles. The number of fused-ring (bicyclic) bond motifs is 2. The van der Waals surface area contributed by atoms with Crippen LogP contribution in [0.15, 0.2) is 42.5 Å². The maximum atomic E-state index is 13.8. The Labute approximate surface area is 206 Å². The molecule has 0 aromatic heterocycles. The average Bonchev–Trinajstić information content (AvgIpc) is 3.12. The number of non-ortho nitro benzene ring substituents is 1. The second kappa shape index (κ2) is 9.18. The first kappa shape index (κ1) is 23.7. The number of carboxylic acid groups (broad SMARTS) is 1. The van der Waals surface area contributed by atoms with Crippen LogP contribution in [0.3, 0.4) is 0 Å². The molecule has 3 atom stereocenters. The van der Waals surface area contributed by atoms with Crippen LogP contribution >= 0.6 is 0 Å². The van der Waals surface area contributed by atoms with E-state index >= 15 is 0 Å². The van der Waals surface area contributed by atoms with Crippen LogP contribution in [0.2, 0.25) is 0 Å². The van der Waals surface area contributed by atoms with Crippen molar-refractivity contribution >= 4 is 29.4 Å². The van der Waals surface area contributed by atoms with Crippen LogP contribution in [-0.2, 0) is 16.0 Å². The largest absolute Gasteiger partial charge is 0.481 e. The van der Waals surface area contributed by atoms with E-state index in [9.17, 15) is 34.4 Å². The minimum absolute atomic E-state index is 0.0330.